The summed E-state index contributed by atoms with van der Waals surface area (Å²) in [6.45, 7) is 4.30. The zero-order valence-corrected chi connectivity index (χ0v) is 18.3. The summed E-state index contributed by atoms with van der Waals surface area (Å²) in [5, 5.41) is 13.3. The van der Waals surface area contributed by atoms with Crippen LogP contribution in [0.5, 0.6) is 0 Å². The molecule has 3 heterocycles. The Hall–Kier alpha value is -1.95. The van der Waals surface area contributed by atoms with Crippen LogP contribution in [0.1, 0.15) is 54.5 Å². The summed E-state index contributed by atoms with van der Waals surface area (Å²) in [6.07, 6.45) is 7.38. The second kappa shape index (κ2) is 9.90. The van der Waals surface area contributed by atoms with Crippen LogP contribution >= 0.6 is 11.3 Å². The second-order valence-corrected chi connectivity index (χ2v) is 9.45. The number of amides is 2. The van der Waals surface area contributed by atoms with E-state index in [0.717, 1.165) is 62.2 Å². The first-order chi connectivity index (χ1) is 14.7. The van der Waals surface area contributed by atoms with Crippen LogP contribution in [0.2, 0.25) is 0 Å². The fourth-order valence-corrected chi connectivity index (χ4v) is 5.82. The van der Waals surface area contributed by atoms with Crippen molar-refractivity contribution in [2.45, 2.75) is 57.5 Å². The minimum Gasteiger partial charge on any atom is -0.368 e. The molecule has 8 heteroatoms. The summed E-state index contributed by atoms with van der Waals surface area (Å²) in [6, 6.07) is 2.32. The van der Waals surface area contributed by atoms with E-state index in [1.165, 1.54) is 11.3 Å². The normalized spacial score (nSPS) is 22.2. The molecule has 7 nitrogen and oxygen atoms in total. The number of carbonyl (C=O) groups is 2. The molecule has 4 rings (SSSR count). The van der Waals surface area contributed by atoms with Gasteiger partial charge in [0.15, 0.2) is 0 Å². The lowest BCUT2D eigenvalue weighted by Gasteiger charge is -2.35. The van der Waals surface area contributed by atoms with E-state index in [9.17, 15) is 14.9 Å². The van der Waals surface area contributed by atoms with Crippen LogP contribution in [0.4, 0.5) is 5.00 Å². The molecule has 0 spiro atoms. The summed E-state index contributed by atoms with van der Waals surface area (Å²) < 4.78 is 5.51. The molecule has 2 amide bonds. The molecule has 30 heavy (non-hydrogen) atoms. The highest BCUT2D eigenvalue weighted by molar-refractivity contribution is 7.16. The molecule has 0 saturated carbocycles. The quantitative estimate of drug-likeness (QED) is 0.726. The third kappa shape index (κ3) is 4.85. The third-order valence-electron chi connectivity index (χ3n) is 6.33. The second-order valence-electron chi connectivity index (χ2n) is 8.35. The van der Waals surface area contributed by atoms with E-state index in [2.05, 4.69) is 16.3 Å². The van der Waals surface area contributed by atoms with Gasteiger partial charge in [-0.15, -0.1) is 11.3 Å². The lowest BCUT2D eigenvalue weighted by Crippen LogP contribution is -2.51. The number of rotatable bonds is 5. The molecule has 1 N–H and O–H groups in total. The minimum absolute atomic E-state index is 0.0410. The largest absolute Gasteiger partial charge is 0.368 e. The fourth-order valence-electron chi connectivity index (χ4n) is 4.57. The Morgan fingerprint density at radius 1 is 1.13 bits per heavy atom. The fraction of sp³-hybridized carbons (Fsp3) is 0.682. The Balaban J connectivity index is 1.24. The van der Waals surface area contributed by atoms with Gasteiger partial charge in [-0.3, -0.25) is 14.5 Å². The van der Waals surface area contributed by atoms with Gasteiger partial charge in [-0.1, -0.05) is 6.42 Å². The van der Waals surface area contributed by atoms with Gasteiger partial charge in [0.25, 0.3) is 5.91 Å². The van der Waals surface area contributed by atoms with Crippen LogP contribution < -0.4 is 5.32 Å². The first-order valence-corrected chi connectivity index (χ1v) is 11.9. The SMILES string of the molecule is N#Cc1c(NC(=O)CCN2CCN(C(=O)[C@H]3CCCO3)CC2)sc2c1CCCCC2. The topological polar surface area (TPSA) is 85.7 Å². The molecule has 2 fully saturated rings. The zero-order chi connectivity index (χ0) is 20.9. The van der Waals surface area contributed by atoms with Gasteiger partial charge in [-0.25, -0.2) is 0 Å². The number of nitriles is 1. The van der Waals surface area contributed by atoms with Crippen LogP contribution in [0.25, 0.3) is 0 Å². The van der Waals surface area contributed by atoms with Gasteiger partial charge in [0.05, 0.1) is 5.56 Å². The van der Waals surface area contributed by atoms with Crippen molar-refractivity contribution >= 4 is 28.2 Å². The van der Waals surface area contributed by atoms with Crippen molar-refractivity contribution in [2.24, 2.45) is 0 Å². The zero-order valence-electron chi connectivity index (χ0n) is 17.5. The van der Waals surface area contributed by atoms with Crippen molar-refractivity contribution in [1.29, 1.82) is 5.26 Å². The first-order valence-electron chi connectivity index (χ1n) is 11.1. The average Bonchev–Trinajstić information content (AvgIpc) is 3.35. The smallest absolute Gasteiger partial charge is 0.251 e. The lowest BCUT2D eigenvalue weighted by molar-refractivity contribution is -0.142. The standard InChI is InChI=1S/C22H30N4O3S/c23-15-17-16-5-2-1-3-7-19(16)30-21(17)24-20(27)8-9-25-10-12-26(13-11-25)22(28)18-6-4-14-29-18/h18H,1-14H2,(H,24,27)/t18-/m1/s1. The predicted octanol–water partition coefficient (Wildman–Crippen LogP) is 2.54. The first kappa shape index (κ1) is 21.3. The van der Waals surface area contributed by atoms with Gasteiger partial charge >= 0.3 is 0 Å². The van der Waals surface area contributed by atoms with Gasteiger partial charge in [0.2, 0.25) is 5.91 Å². The number of aryl methyl sites for hydroxylation is 1. The molecule has 0 aromatic carbocycles. The summed E-state index contributed by atoms with van der Waals surface area (Å²) in [5.74, 6) is 0.0761. The molecule has 1 aromatic rings. The summed E-state index contributed by atoms with van der Waals surface area (Å²) in [7, 11) is 0. The van der Waals surface area contributed by atoms with Gasteiger partial charge in [-0.2, -0.15) is 5.26 Å². The number of thiophene rings is 1. The lowest BCUT2D eigenvalue weighted by atomic mass is 10.1. The Kier molecular flexibility index (Phi) is 7.03. The van der Waals surface area contributed by atoms with E-state index < -0.39 is 0 Å². The highest BCUT2D eigenvalue weighted by atomic mass is 32.1. The number of ether oxygens (including phenoxy) is 1. The monoisotopic (exact) mass is 430 g/mol. The van der Waals surface area contributed by atoms with Crippen LogP contribution in [0.3, 0.4) is 0 Å². The molecule has 2 saturated heterocycles. The van der Waals surface area contributed by atoms with E-state index in [1.54, 1.807) is 11.3 Å². The number of piperazine rings is 1. The number of hydrogen-bond acceptors (Lipinski definition) is 6. The molecular formula is C22H30N4O3S. The van der Waals surface area contributed by atoms with E-state index >= 15 is 0 Å². The van der Waals surface area contributed by atoms with E-state index in [4.69, 9.17) is 4.74 Å². The van der Waals surface area contributed by atoms with Crippen molar-refractivity contribution < 1.29 is 14.3 Å². The van der Waals surface area contributed by atoms with Crippen molar-refractivity contribution in [1.82, 2.24) is 9.80 Å². The van der Waals surface area contributed by atoms with E-state index in [-0.39, 0.29) is 17.9 Å². The summed E-state index contributed by atoms with van der Waals surface area (Å²) in [4.78, 5) is 30.4. The Labute approximate surface area is 182 Å². The molecule has 0 radical (unpaired) electrons. The summed E-state index contributed by atoms with van der Waals surface area (Å²) in [5.41, 5.74) is 1.83. The van der Waals surface area contributed by atoms with Gasteiger partial charge < -0.3 is 15.0 Å². The van der Waals surface area contributed by atoms with Crippen LogP contribution in [0, 0.1) is 11.3 Å². The van der Waals surface area contributed by atoms with Crippen LogP contribution in [0.15, 0.2) is 0 Å². The molecule has 3 aliphatic rings. The Morgan fingerprint density at radius 2 is 1.93 bits per heavy atom. The van der Waals surface area contributed by atoms with Crippen molar-refractivity contribution in [2.75, 3.05) is 44.6 Å². The molecule has 0 bridgehead atoms. The van der Waals surface area contributed by atoms with Crippen molar-refractivity contribution in [3.05, 3.63) is 16.0 Å². The Morgan fingerprint density at radius 3 is 2.67 bits per heavy atom. The molecule has 162 valence electrons. The highest BCUT2D eigenvalue weighted by Crippen LogP contribution is 2.37. The van der Waals surface area contributed by atoms with E-state index in [1.807, 2.05) is 4.90 Å². The van der Waals surface area contributed by atoms with Crippen LogP contribution in [-0.4, -0.2) is 67.0 Å². The number of hydrogen-bond donors (Lipinski definition) is 1. The number of carbonyl (C=O) groups excluding carboxylic acids is 2. The maximum Gasteiger partial charge on any atom is 0.251 e. The Bertz CT molecular complexity index is 817. The average molecular weight is 431 g/mol. The van der Waals surface area contributed by atoms with E-state index in [0.29, 0.717) is 38.2 Å². The number of nitrogens with zero attached hydrogens (tertiary/aromatic N) is 3. The molecular weight excluding hydrogens is 400 g/mol. The number of nitrogens with one attached hydrogen (secondary N) is 1. The van der Waals surface area contributed by atoms with Crippen molar-refractivity contribution in [3.8, 4) is 6.07 Å². The van der Waals surface area contributed by atoms with Crippen LogP contribution in [-0.2, 0) is 27.2 Å². The van der Waals surface area contributed by atoms with Gasteiger partial charge in [0.1, 0.15) is 17.2 Å². The maximum absolute atomic E-state index is 12.5. The van der Waals surface area contributed by atoms with Crippen molar-refractivity contribution in [3.63, 3.8) is 0 Å². The third-order valence-corrected chi connectivity index (χ3v) is 7.54. The molecule has 1 aliphatic carbocycles. The number of fused-ring (bicyclic) bond motifs is 1. The summed E-state index contributed by atoms with van der Waals surface area (Å²) >= 11 is 1.58. The molecule has 1 aromatic heterocycles. The predicted molar refractivity (Wildman–Crippen MR) is 116 cm³/mol. The maximum atomic E-state index is 12.5. The van der Waals surface area contributed by atoms with Gasteiger partial charge in [-0.05, 0) is 44.1 Å². The molecule has 2 aliphatic heterocycles. The molecule has 0 unspecified atom stereocenters. The molecule has 1 atom stereocenters. The minimum atomic E-state index is -0.252. The highest BCUT2D eigenvalue weighted by Gasteiger charge is 2.30. The number of anilines is 1. The van der Waals surface area contributed by atoms with Gasteiger partial charge in [0, 0.05) is 50.6 Å².